The summed E-state index contributed by atoms with van der Waals surface area (Å²) in [6, 6.07) is 14.1. The van der Waals surface area contributed by atoms with Crippen LogP contribution in [0.4, 0.5) is 0 Å². The largest absolute Gasteiger partial charge is 0.469 e. The summed E-state index contributed by atoms with van der Waals surface area (Å²) >= 11 is 0. The summed E-state index contributed by atoms with van der Waals surface area (Å²) in [7, 11) is 1.95. The topological polar surface area (TPSA) is 76.6 Å². The number of guanidine groups is 1. The Kier molecular flexibility index (Phi) is 9.61. The minimum absolute atomic E-state index is 0. The number of nitrogens with zero attached hydrogens (tertiary/aromatic N) is 3. The fraction of sp³-hybridized carbons (Fsp3) is 0.417. The lowest BCUT2D eigenvalue weighted by Gasteiger charge is -2.23. The first-order valence-corrected chi connectivity index (χ1v) is 11.0. The van der Waals surface area contributed by atoms with E-state index in [2.05, 4.69) is 27.9 Å². The highest BCUT2D eigenvalue weighted by Gasteiger charge is 2.15. The van der Waals surface area contributed by atoms with E-state index in [1.54, 1.807) is 6.26 Å². The molecule has 1 aliphatic heterocycles. The summed E-state index contributed by atoms with van der Waals surface area (Å²) in [4.78, 5) is 4.85. The summed E-state index contributed by atoms with van der Waals surface area (Å²) in [5.41, 5.74) is 3.16. The van der Waals surface area contributed by atoms with Gasteiger partial charge in [-0.3, -0.25) is 4.68 Å². The first-order valence-electron chi connectivity index (χ1n) is 11.0. The van der Waals surface area contributed by atoms with Crippen LogP contribution >= 0.6 is 24.0 Å². The van der Waals surface area contributed by atoms with E-state index < -0.39 is 0 Å². The maximum Gasteiger partial charge on any atom is 0.191 e. The molecule has 4 rings (SSSR count). The van der Waals surface area contributed by atoms with Gasteiger partial charge in [0.1, 0.15) is 5.76 Å². The Morgan fingerprint density at radius 2 is 2.03 bits per heavy atom. The maximum atomic E-state index is 5.86. The number of rotatable bonds is 8. The van der Waals surface area contributed by atoms with E-state index in [9.17, 15) is 0 Å². The zero-order valence-corrected chi connectivity index (χ0v) is 20.8. The van der Waals surface area contributed by atoms with Crippen molar-refractivity contribution in [2.45, 2.75) is 38.3 Å². The molecule has 0 bridgehead atoms. The molecular weight excluding hydrogens is 517 g/mol. The quantitative estimate of drug-likeness (QED) is 0.251. The van der Waals surface area contributed by atoms with Crippen molar-refractivity contribution < 1.29 is 9.15 Å². The molecule has 32 heavy (non-hydrogen) atoms. The highest BCUT2D eigenvalue weighted by Crippen LogP contribution is 2.22. The molecule has 1 fully saturated rings. The van der Waals surface area contributed by atoms with Gasteiger partial charge < -0.3 is 19.8 Å². The molecule has 3 aromatic rings. The Bertz CT molecular complexity index is 950. The van der Waals surface area contributed by atoms with Gasteiger partial charge in [-0.25, -0.2) is 4.99 Å². The van der Waals surface area contributed by atoms with Gasteiger partial charge in [0.2, 0.25) is 0 Å². The van der Waals surface area contributed by atoms with Crippen LogP contribution in [-0.4, -0.2) is 41.5 Å². The normalized spacial score (nSPS) is 16.4. The van der Waals surface area contributed by atoms with Crippen molar-refractivity contribution in [1.29, 1.82) is 0 Å². The van der Waals surface area contributed by atoms with Gasteiger partial charge in [-0.15, -0.1) is 24.0 Å². The second-order valence-corrected chi connectivity index (χ2v) is 7.83. The maximum absolute atomic E-state index is 5.86. The lowest BCUT2D eigenvalue weighted by Crippen LogP contribution is -2.43. The monoisotopic (exact) mass is 549 g/mol. The Morgan fingerprint density at radius 1 is 1.16 bits per heavy atom. The molecule has 2 aromatic heterocycles. The van der Waals surface area contributed by atoms with Gasteiger partial charge in [0.15, 0.2) is 5.96 Å². The van der Waals surface area contributed by atoms with E-state index in [-0.39, 0.29) is 30.1 Å². The Morgan fingerprint density at radius 3 is 2.78 bits per heavy atom. The van der Waals surface area contributed by atoms with Crippen LogP contribution in [-0.2, 0) is 24.8 Å². The SMILES string of the molecule is Cn1cc(CN=C(NCCc2ccco2)NCC2CCCCO2)c(-c2ccccc2)n1.I. The van der Waals surface area contributed by atoms with E-state index in [4.69, 9.17) is 14.1 Å². The average molecular weight is 549 g/mol. The first kappa shape index (κ1) is 24.3. The molecular formula is C24H32IN5O2. The molecule has 172 valence electrons. The second-order valence-electron chi connectivity index (χ2n) is 7.83. The third-order valence-corrected chi connectivity index (χ3v) is 5.37. The van der Waals surface area contributed by atoms with E-state index in [1.807, 2.05) is 48.3 Å². The number of benzene rings is 1. The summed E-state index contributed by atoms with van der Waals surface area (Å²) in [5.74, 6) is 1.74. The molecule has 1 saturated heterocycles. The van der Waals surface area contributed by atoms with Gasteiger partial charge in [-0.05, 0) is 31.4 Å². The van der Waals surface area contributed by atoms with Crippen LogP contribution in [0.3, 0.4) is 0 Å². The van der Waals surface area contributed by atoms with Crippen molar-refractivity contribution in [3.05, 3.63) is 66.2 Å². The molecule has 0 aliphatic carbocycles. The number of furan rings is 1. The van der Waals surface area contributed by atoms with Crippen LogP contribution in [0.15, 0.2) is 64.3 Å². The van der Waals surface area contributed by atoms with Crippen LogP contribution in [0.2, 0.25) is 0 Å². The standard InChI is InChI=1S/C24H31N5O2.HI/c1-29-18-20(23(28-29)19-8-3-2-4-9-19)16-26-24(25-13-12-21-11-7-15-30-21)27-17-22-10-5-6-14-31-22;/h2-4,7-9,11,15,18,22H,5-6,10,12-14,16-17H2,1H3,(H2,25,26,27);1H. The van der Waals surface area contributed by atoms with E-state index in [0.29, 0.717) is 6.54 Å². The van der Waals surface area contributed by atoms with Crippen LogP contribution in [0.1, 0.15) is 30.6 Å². The van der Waals surface area contributed by atoms with Crippen molar-refractivity contribution in [1.82, 2.24) is 20.4 Å². The molecule has 3 heterocycles. The summed E-state index contributed by atoms with van der Waals surface area (Å²) in [6.07, 6.45) is 8.25. The molecule has 1 atom stereocenters. The number of ether oxygens (including phenoxy) is 1. The minimum atomic E-state index is 0. The van der Waals surface area contributed by atoms with Gasteiger partial charge in [-0.2, -0.15) is 5.10 Å². The summed E-state index contributed by atoms with van der Waals surface area (Å²) < 4.78 is 13.1. The fourth-order valence-electron chi connectivity index (χ4n) is 3.77. The molecule has 1 aromatic carbocycles. The number of aliphatic imine (C=N–C) groups is 1. The molecule has 2 N–H and O–H groups in total. The van der Waals surface area contributed by atoms with Crippen LogP contribution in [0.25, 0.3) is 11.3 Å². The average Bonchev–Trinajstić information content (AvgIpc) is 3.46. The number of hydrogen-bond acceptors (Lipinski definition) is 4. The Labute approximate surface area is 206 Å². The third-order valence-electron chi connectivity index (χ3n) is 5.37. The first-order chi connectivity index (χ1) is 15.3. The van der Waals surface area contributed by atoms with Gasteiger partial charge in [-0.1, -0.05) is 30.3 Å². The van der Waals surface area contributed by atoms with Gasteiger partial charge in [0.25, 0.3) is 0 Å². The number of aromatic nitrogens is 2. The number of nitrogens with one attached hydrogen (secondary N) is 2. The highest BCUT2D eigenvalue weighted by atomic mass is 127. The molecule has 0 amide bonds. The summed E-state index contributed by atoms with van der Waals surface area (Å²) in [5, 5.41) is 11.5. The second kappa shape index (κ2) is 12.6. The molecule has 0 saturated carbocycles. The third kappa shape index (κ3) is 7.09. The predicted octanol–water partition coefficient (Wildman–Crippen LogP) is 4.15. The van der Waals surface area contributed by atoms with Crippen molar-refractivity contribution in [2.75, 3.05) is 19.7 Å². The van der Waals surface area contributed by atoms with Crippen LogP contribution in [0.5, 0.6) is 0 Å². The number of hydrogen-bond donors (Lipinski definition) is 2. The molecule has 7 nitrogen and oxygen atoms in total. The molecule has 1 unspecified atom stereocenters. The zero-order valence-electron chi connectivity index (χ0n) is 18.5. The minimum Gasteiger partial charge on any atom is -0.469 e. The molecule has 8 heteroatoms. The van der Waals surface area contributed by atoms with Gasteiger partial charge >= 0.3 is 0 Å². The number of halogens is 1. The zero-order chi connectivity index (χ0) is 21.3. The molecule has 0 spiro atoms. The van der Waals surface area contributed by atoms with Gasteiger partial charge in [0, 0.05) is 50.5 Å². The Balaban J connectivity index is 0.00000289. The fourth-order valence-corrected chi connectivity index (χ4v) is 3.77. The van der Waals surface area contributed by atoms with Crippen LogP contribution in [0, 0.1) is 0 Å². The molecule has 1 aliphatic rings. The predicted molar refractivity (Wildman–Crippen MR) is 137 cm³/mol. The lowest BCUT2D eigenvalue weighted by molar-refractivity contribution is 0.0194. The van der Waals surface area contributed by atoms with Crippen molar-refractivity contribution in [3.8, 4) is 11.3 Å². The molecule has 0 radical (unpaired) electrons. The highest BCUT2D eigenvalue weighted by molar-refractivity contribution is 14.0. The van der Waals surface area contributed by atoms with E-state index in [0.717, 1.165) is 67.5 Å². The Hall–Kier alpha value is -2.33. The van der Waals surface area contributed by atoms with E-state index in [1.165, 1.54) is 6.42 Å². The van der Waals surface area contributed by atoms with Crippen LogP contribution < -0.4 is 10.6 Å². The lowest BCUT2D eigenvalue weighted by atomic mass is 10.1. The van der Waals surface area contributed by atoms with E-state index >= 15 is 0 Å². The van der Waals surface area contributed by atoms with Crippen molar-refractivity contribution in [2.24, 2.45) is 12.0 Å². The number of aryl methyl sites for hydroxylation is 1. The smallest absolute Gasteiger partial charge is 0.191 e. The van der Waals surface area contributed by atoms with Crippen molar-refractivity contribution in [3.63, 3.8) is 0 Å². The summed E-state index contributed by atoms with van der Waals surface area (Å²) in [6.45, 7) is 2.88. The van der Waals surface area contributed by atoms with Gasteiger partial charge in [0.05, 0.1) is 24.6 Å². The van der Waals surface area contributed by atoms with Crippen molar-refractivity contribution >= 4 is 29.9 Å².